The molecule has 0 unspecified atom stereocenters. The number of anilines is 1. The Morgan fingerprint density at radius 2 is 1.90 bits per heavy atom. The second-order valence-corrected chi connectivity index (χ2v) is 8.02. The Bertz CT molecular complexity index is 1300. The maximum absolute atomic E-state index is 12.7. The maximum Gasteiger partial charge on any atom is 0.269 e. The molecule has 29 heavy (non-hydrogen) atoms. The largest absolute Gasteiger partial charge is 0.291 e. The highest BCUT2D eigenvalue weighted by atomic mass is 32.2. The van der Waals surface area contributed by atoms with Gasteiger partial charge in [0.2, 0.25) is 5.78 Å². The van der Waals surface area contributed by atoms with E-state index in [1.165, 1.54) is 12.1 Å². The van der Waals surface area contributed by atoms with Crippen LogP contribution in [-0.4, -0.2) is 27.7 Å². The number of rotatable bonds is 5. The van der Waals surface area contributed by atoms with Crippen molar-refractivity contribution in [1.29, 1.82) is 0 Å². The fraction of sp³-hybridized carbons (Fsp3) is 0.0526. The summed E-state index contributed by atoms with van der Waals surface area (Å²) in [6, 6.07) is 11.8. The number of nitrogens with zero attached hydrogens (tertiary/aromatic N) is 4. The third kappa shape index (κ3) is 3.65. The van der Waals surface area contributed by atoms with E-state index in [0.29, 0.717) is 17.2 Å². The lowest BCUT2D eigenvalue weighted by molar-refractivity contribution is -0.384. The number of aromatic nitrogens is 3. The number of nitro benzene ring substituents is 1. The predicted octanol–water partition coefficient (Wildman–Crippen LogP) is 3.41. The Kier molecular flexibility index (Phi) is 4.47. The van der Waals surface area contributed by atoms with E-state index in [0.717, 1.165) is 23.3 Å². The zero-order valence-corrected chi connectivity index (χ0v) is 16.0. The van der Waals surface area contributed by atoms with E-state index >= 15 is 0 Å². The molecule has 10 heteroatoms. The van der Waals surface area contributed by atoms with E-state index in [1.807, 2.05) is 18.5 Å². The molecule has 4 rings (SSSR count). The average Bonchev–Trinajstić information content (AvgIpc) is 3.14. The number of hydrogen-bond donors (Lipinski definition) is 1. The zero-order valence-electron chi connectivity index (χ0n) is 15.2. The Morgan fingerprint density at radius 3 is 2.59 bits per heavy atom. The molecule has 2 heterocycles. The highest BCUT2D eigenvalue weighted by Crippen LogP contribution is 2.27. The first-order valence-electron chi connectivity index (χ1n) is 8.51. The van der Waals surface area contributed by atoms with Crippen molar-refractivity contribution in [2.75, 3.05) is 4.72 Å². The molecule has 0 saturated carbocycles. The SMILES string of the molecule is Cc1ccc(-c2cn3cccnc3n2)cc1NS(=O)(=O)c1ccc([N+](=O)[O-])cc1. The molecule has 1 N–H and O–H groups in total. The molecule has 0 spiro atoms. The summed E-state index contributed by atoms with van der Waals surface area (Å²) >= 11 is 0. The maximum atomic E-state index is 12.7. The summed E-state index contributed by atoms with van der Waals surface area (Å²) in [5, 5.41) is 10.8. The molecule has 0 aliphatic rings. The molecule has 0 atom stereocenters. The smallest absolute Gasteiger partial charge is 0.269 e. The summed E-state index contributed by atoms with van der Waals surface area (Å²) in [7, 11) is -3.91. The van der Waals surface area contributed by atoms with Crippen LogP contribution < -0.4 is 4.72 Å². The van der Waals surface area contributed by atoms with Gasteiger partial charge in [-0.25, -0.2) is 18.4 Å². The highest BCUT2D eigenvalue weighted by molar-refractivity contribution is 7.92. The molecule has 0 radical (unpaired) electrons. The van der Waals surface area contributed by atoms with E-state index in [9.17, 15) is 18.5 Å². The molecule has 0 fully saturated rings. The molecular formula is C19H15N5O4S. The van der Waals surface area contributed by atoms with Crippen LogP contribution in [-0.2, 0) is 10.0 Å². The number of sulfonamides is 1. The number of aryl methyl sites for hydroxylation is 1. The quantitative estimate of drug-likeness (QED) is 0.398. The standard InChI is InChI=1S/C19H15N5O4S/c1-13-3-4-14(18-12-23-10-2-9-20-19(23)21-18)11-17(13)22-29(27,28)16-7-5-15(6-8-16)24(25)26/h2-12,22H,1H3. The van der Waals surface area contributed by atoms with E-state index < -0.39 is 14.9 Å². The minimum atomic E-state index is -3.91. The van der Waals surface area contributed by atoms with Gasteiger partial charge in [0.15, 0.2) is 0 Å². The molecule has 9 nitrogen and oxygen atoms in total. The van der Waals surface area contributed by atoms with Crippen molar-refractivity contribution < 1.29 is 13.3 Å². The predicted molar refractivity (Wildman–Crippen MR) is 107 cm³/mol. The van der Waals surface area contributed by atoms with Gasteiger partial charge in [0.1, 0.15) is 0 Å². The summed E-state index contributed by atoms with van der Waals surface area (Å²) in [5.41, 5.74) is 2.32. The van der Waals surface area contributed by atoms with Crippen LogP contribution in [0.3, 0.4) is 0 Å². The second-order valence-electron chi connectivity index (χ2n) is 6.34. The summed E-state index contributed by atoms with van der Waals surface area (Å²) in [6.07, 6.45) is 5.28. The van der Waals surface area contributed by atoms with Gasteiger partial charge in [-0.3, -0.25) is 19.2 Å². The summed E-state index contributed by atoms with van der Waals surface area (Å²) in [6.45, 7) is 1.78. The lowest BCUT2D eigenvalue weighted by atomic mass is 10.1. The number of hydrogen-bond acceptors (Lipinski definition) is 6. The number of imidazole rings is 1. The van der Waals surface area contributed by atoms with Gasteiger partial charge in [-0.15, -0.1) is 0 Å². The highest BCUT2D eigenvalue weighted by Gasteiger charge is 2.18. The van der Waals surface area contributed by atoms with Crippen molar-refractivity contribution in [3.8, 4) is 11.3 Å². The first-order chi connectivity index (χ1) is 13.8. The summed E-state index contributed by atoms with van der Waals surface area (Å²) < 4.78 is 29.7. The van der Waals surface area contributed by atoms with Gasteiger partial charge < -0.3 is 0 Å². The average molecular weight is 409 g/mol. The molecule has 0 aliphatic carbocycles. The molecule has 0 saturated heterocycles. The van der Waals surface area contributed by atoms with E-state index in [-0.39, 0.29) is 10.6 Å². The van der Waals surface area contributed by atoms with Crippen molar-refractivity contribution in [1.82, 2.24) is 14.4 Å². The Morgan fingerprint density at radius 1 is 1.14 bits per heavy atom. The monoisotopic (exact) mass is 409 g/mol. The van der Waals surface area contributed by atoms with Crippen molar-refractivity contribution in [3.05, 3.63) is 82.8 Å². The summed E-state index contributed by atoms with van der Waals surface area (Å²) in [5.74, 6) is 0.538. The zero-order chi connectivity index (χ0) is 20.6. The van der Waals surface area contributed by atoms with Gasteiger partial charge in [0.25, 0.3) is 15.7 Å². The topological polar surface area (TPSA) is 120 Å². The van der Waals surface area contributed by atoms with E-state index in [4.69, 9.17) is 0 Å². The number of nitrogens with one attached hydrogen (secondary N) is 1. The van der Waals surface area contributed by atoms with Crippen molar-refractivity contribution in [3.63, 3.8) is 0 Å². The van der Waals surface area contributed by atoms with Crippen LogP contribution in [0.25, 0.3) is 17.0 Å². The van der Waals surface area contributed by atoms with Gasteiger partial charge in [-0.05, 0) is 36.8 Å². The Balaban J connectivity index is 1.67. The fourth-order valence-corrected chi connectivity index (χ4v) is 3.93. The molecule has 0 amide bonds. The van der Waals surface area contributed by atoms with Gasteiger partial charge in [0.05, 0.1) is 21.2 Å². The van der Waals surface area contributed by atoms with Crippen molar-refractivity contribution >= 4 is 27.2 Å². The lowest BCUT2D eigenvalue weighted by Crippen LogP contribution is -2.13. The van der Waals surface area contributed by atoms with Crippen LogP contribution in [0.5, 0.6) is 0 Å². The van der Waals surface area contributed by atoms with Gasteiger partial charge in [0, 0.05) is 36.3 Å². The summed E-state index contributed by atoms with van der Waals surface area (Å²) in [4.78, 5) is 18.7. The minimum absolute atomic E-state index is 0.0650. The van der Waals surface area contributed by atoms with Crippen LogP contribution >= 0.6 is 0 Å². The van der Waals surface area contributed by atoms with Crippen LogP contribution in [0.2, 0.25) is 0 Å². The van der Waals surface area contributed by atoms with Crippen molar-refractivity contribution in [2.45, 2.75) is 11.8 Å². The molecule has 2 aromatic carbocycles. The van der Waals surface area contributed by atoms with Crippen LogP contribution in [0.1, 0.15) is 5.56 Å². The Labute approximate surface area is 165 Å². The van der Waals surface area contributed by atoms with E-state index in [1.54, 1.807) is 35.7 Å². The van der Waals surface area contributed by atoms with Crippen molar-refractivity contribution in [2.24, 2.45) is 0 Å². The molecule has 0 bridgehead atoms. The van der Waals surface area contributed by atoms with Crippen LogP contribution in [0.4, 0.5) is 11.4 Å². The molecule has 2 aromatic heterocycles. The third-order valence-electron chi connectivity index (χ3n) is 4.37. The van der Waals surface area contributed by atoms with Gasteiger partial charge in [-0.2, -0.15) is 0 Å². The second kappa shape index (κ2) is 6.99. The molecule has 146 valence electrons. The lowest BCUT2D eigenvalue weighted by Gasteiger charge is -2.12. The molecule has 0 aliphatic heterocycles. The first kappa shape index (κ1) is 18.6. The van der Waals surface area contributed by atoms with Gasteiger partial charge >= 0.3 is 0 Å². The first-order valence-corrected chi connectivity index (χ1v) is 10.00. The third-order valence-corrected chi connectivity index (χ3v) is 5.75. The Hall–Kier alpha value is -3.79. The molecular weight excluding hydrogens is 394 g/mol. The molecule has 4 aromatic rings. The number of non-ortho nitro benzene ring substituents is 1. The number of nitro groups is 1. The van der Waals surface area contributed by atoms with E-state index in [2.05, 4.69) is 14.7 Å². The van der Waals surface area contributed by atoms with Crippen LogP contribution in [0.15, 0.2) is 72.0 Å². The van der Waals surface area contributed by atoms with Crippen LogP contribution in [0, 0.1) is 17.0 Å². The minimum Gasteiger partial charge on any atom is -0.291 e. The number of fused-ring (bicyclic) bond motifs is 1. The van der Waals surface area contributed by atoms with Gasteiger partial charge in [-0.1, -0.05) is 12.1 Å². The number of benzene rings is 2. The normalized spacial score (nSPS) is 11.5. The fourth-order valence-electron chi connectivity index (χ4n) is 2.81.